The molecule has 0 aliphatic rings. The molecule has 0 N–H and O–H groups in total. The third kappa shape index (κ3) is 3.60. The number of hydroxylamine groups is 1. The van der Waals surface area contributed by atoms with Gasteiger partial charge in [-0.05, 0) is 29.8 Å². The number of hydrogen-bond donors (Lipinski definition) is 0. The van der Waals surface area contributed by atoms with Crippen LogP contribution < -0.4 is 5.06 Å². The third-order valence-corrected chi connectivity index (χ3v) is 3.71. The zero-order valence-corrected chi connectivity index (χ0v) is 13.4. The number of alkyl halides is 3. The molecule has 5 nitrogen and oxygen atoms in total. The van der Waals surface area contributed by atoms with Crippen LogP contribution in [0.4, 0.5) is 24.5 Å². The maximum absolute atomic E-state index is 12.7. The molecule has 128 valence electrons. The van der Waals surface area contributed by atoms with Crippen LogP contribution >= 0.6 is 11.6 Å². The normalized spacial score (nSPS) is 11.4. The van der Waals surface area contributed by atoms with Gasteiger partial charge in [-0.25, -0.2) is 0 Å². The molecule has 24 heavy (non-hydrogen) atoms. The van der Waals surface area contributed by atoms with Gasteiger partial charge in [0.05, 0.1) is 17.6 Å². The Balaban J connectivity index is 2.55. The summed E-state index contributed by atoms with van der Waals surface area (Å²) in [6.45, 7) is 0. The van der Waals surface area contributed by atoms with Crippen LogP contribution in [-0.4, -0.2) is 19.1 Å². The van der Waals surface area contributed by atoms with E-state index in [1.807, 2.05) is 0 Å². The van der Waals surface area contributed by atoms with Crippen LogP contribution in [0.15, 0.2) is 36.4 Å². The molecule has 0 saturated heterocycles. The molecular formula is C15H12ClF3N2O3. The summed E-state index contributed by atoms with van der Waals surface area (Å²) in [6.07, 6.45) is -4.50. The first kappa shape index (κ1) is 18.0. The van der Waals surface area contributed by atoms with Gasteiger partial charge in [0, 0.05) is 23.7 Å². The van der Waals surface area contributed by atoms with Crippen molar-refractivity contribution in [3.63, 3.8) is 0 Å². The van der Waals surface area contributed by atoms with E-state index in [2.05, 4.69) is 0 Å². The standard InChI is InChI=1S/C15H12ClF3N2O3/c1-20(24-2)14-7-9(3-6-13(14)21(22)23)11-5-4-10(8-12(11)16)15(17,18)19/h3-8H,1-2H3. The van der Waals surface area contributed by atoms with E-state index in [1.165, 1.54) is 43.5 Å². The lowest BCUT2D eigenvalue weighted by atomic mass is 10.0. The van der Waals surface area contributed by atoms with Crippen molar-refractivity contribution < 1.29 is 22.9 Å². The highest BCUT2D eigenvalue weighted by molar-refractivity contribution is 6.33. The molecule has 2 aromatic carbocycles. The van der Waals surface area contributed by atoms with E-state index in [0.717, 1.165) is 12.1 Å². The molecule has 0 aliphatic carbocycles. The molecule has 0 fully saturated rings. The van der Waals surface area contributed by atoms with Crippen molar-refractivity contribution >= 4 is 23.0 Å². The molecule has 0 radical (unpaired) electrons. The Labute approximate surface area is 140 Å². The Hall–Kier alpha value is -2.32. The first-order valence-corrected chi connectivity index (χ1v) is 6.96. The van der Waals surface area contributed by atoms with Crippen LogP contribution in [-0.2, 0) is 11.0 Å². The highest BCUT2D eigenvalue weighted by Crippen LogP contribution is 2.38. The van der Waals surface area contributed by atoms with E-state index in [-0.39, 0.29) is 16.4 Å². The second kappa shape index (κ2) is 6.66. The number of anilines is 1. The minimum Gasteiger partial charge on any atom is -0.277 e. The Morgan fingerprint density at radius 1 is 1.21 bits per heavy atom. The summed E-state index contributed by atoms with van der Waals surface area (Å²) in [7, 11) is 2.81. The molecule has 0 spiro atoms. The Morgan fingerprint density at radius 2 is 1.88 bits per heavy atom. The smallest absolute Gasteiger partial charge is 0.277 e. The van der Waals surface area contributed by atoms with Crippen LogP contribution in [0.5, 0.6) is 0 Å². The van der Waals surface area contributed by atoms with Gasteiger partial charge in [-0.3, -0.25) is 20.0 Å². The van der Waals surface area contributed by atoms with Gasteiger partial charge in [0.2, 0.25) is 0 Å². The fourth-order valence-electron chi connectivity index (χ4n) is 2.12. The number of nitro groups is 1. The molecule has 0 unspecified atom stereocenters. The van der Waals surface area contributed by atoms with Gasteiger partial charge >= 0.3 is 6.18 Å². The molecule has 0 atom stereocenters. The van der Waals surface area contributed by atoms with E-state index in [4.69, 9.17) is 16.4 Å². The topological polar surface area (TPSA) is 55.6 Å². The van der Waals surface area contributed by atoms with Gasteiger partial charge < -0.3 is 0 Å². The van der Waals surface area contributed by atoms with Gasteiger partial charge in [0.25, 0.3) is 5.69 Å². The molecular weight excluding hydrogens is 349 g/mol. The van der Waals surface area contributed by atoms with Gasteiger partial charge in [-0.2, -0.15) is 13.2 Å². The fraction of sp³-hybridized carbons (Fsp3) is 0.200. The lowest BCUT2D eigenvalue weighted by Gasteiger charge is -2.17. The molecule has 0 aromatic heterocycles. The Bertz CT molecular complexity index is 781. The highest BCUT2D eigenvalue weighted by atomic mass is 35.5. The van der Waals surface area contributed by atoms with Gasteiger partial charge in [0.1, 0.15) is 5.69 Å². The second-order valence-corrected chi connectivity index (χ2v) is 5.24. The highest BCUT2D eigenvalue weighted by Gasteiger charge is 2.31. The fourth-order valence-corrected chi connectivity index (χ4v) is 2.41. The summed E-state index contributed by atoms with van der Waals surface area (Å²) in [4.78, 5) is 15.5. The summed E-state index contributed by atoms with van der Waals surface area (Å²) < 4.78 is 38.1. The number of nitrogens with zero attached hydrogens (tertiary/aromatic N) is 2. The second-order valence-electron chi connectivity index (χ2n) is 4.83. The van der Waals surface area contributed by atoms with Crippen LogP contribution in [0.1, 0.15) is 5.56 Å². The molecule has 0 bridgehead atoms. The van der Waals surface area contributed by atoms with Crippen molar-refractivity contribution in [2.45, 2.75) is 6.18 Å². The van der Waals surface area contributed by atoms with Crippen molar-refractivity contribution in [1.29, 1.82) is 0 Å². The predicted molar refractivity (Wildman–Crippen MR) is 84.0 cm³/mol. The minimum absolute atomic E-state index is 0.107. The maximum Gasteiger partial charge on any atom is 0.416 e. The summed E-state index contributed by atoms with van der Waals surface area (Å²) >= 11 is 5.96. The Morgan fingerprint density at radius 3 is 2.38 bits per heavy atom. The first-order chi connectivity index (χ1) is 11.1. The van der Waals surface area contributed by atoms with Gasteiger partial charge in [-0.15, -0.1) is 0 Å². The third-order valence-electron chi connectivity index (χ3n) is 3.39. The van der Waals surface area contributed by atoms with Crippen LogP contribution in [0.3, 0.4) is 0 Å². The average molecular weight is 361 g/mol. The van der Waals surface area contributed by atoms with Crippen molar-refractivity contribution in [1.82, 2.24) is 0 Å². The summed E-state index contributed by atoms with van der Waals surface area (Å²) in [5.74, 6) is 0. The molecule has 0 saturated carbocycles. The average Bonchev–Trinajstić information content (AvgIpc) is 2.52. The SMILES string of the molecule is CON(C)c1cc(-c2ccc(C(F)(F)F)cc2Cl)ccc1[N+](=O)[O-]. The van der Waals surface area contributed by atoms with E-state index in [1.54, 1.807) is 0 Å². The van der Waals surface area contributed by atoms with Crippen LogP contribution in [0.2, 0.25) is 5.02 Å². The molecule has 2 aromatic rings. The van der Waals surface area contributed by atoms with E-state index in [0.29, 0.717) is 11.1 Å². The largest absolute Gasteiger partial charge is 0.416 e. The molecule has 0 heterocycles. The molecule has 0 aliphatic heterocycles. The van der Waals surface area contributed by atoms with E-state index in [9.17, 15) is 23.3 Å². The summed E-state index contributed by atoms with van der Waals surface area (Å²) in [6, 6.07) is 7.03. The minimum atomic E-state index is -4.50. The monoisotopic (exact) mass is 360 g/mol. The summed E-state index contributed by atoms with van der Waals surface area (Å²) in [5, 5.41) is 12.2. The molecule has 9 heteroatoms. The van der Waals surface area contributed by atoms with Crippen molar-refractivity contribution in [2.75, 3.05) is 19.2 Å². The zero-order chi connectivity index (χ0) is 18.1. The Kier molecular flexibility index (Phi) is 5.00. The molecule has 2 rings (SSSR count). The number of halogens is 4. The lowest BCUT2D eigenvalue weighted by molar-refractivity contribution is -0.384. The van der Waals surface area contributed by atoms with Crippen molar-refractivity contribution in [2.24, 2.45) is 0 Å². The van der Waals surface area contributed by atoms with E-state index >= 15 is 0 Å². The van der Waals surface area contributed by atoms with E-state index < -0.39 is 16.7 Å². The number of rotatable bonds is 4. The number of nitro benzene ring substituents is 1. The van der Waals surface area contributed by atoms with Gasteiger partial charge in [-0.1, -0.05) is 17.7 Å². The van der Waals surface area contributed by atoms with Gasteiger partial charge in [0.15, 0.2) is 0 Å². The lowest BCUT2D eigenvalue weighted by Crippen LogP contribution is -2.16. The quantitative estimate of drug-likeness (QED) is 0.573. The van der Waals surface area contributed by atoms with Crippen LogP contribution in [0.25, 0.3) is 11.1 Å². The van der Waals surface area contributed by atoms with Crippen LogP contribution in [0, 0.1) is 10.1 Å². The summed E-state index contributed by atoms with van der Waals surface area (Å²) in [5.41, 5.74) is -0.168. The zero-order valence-electron chi connectivity index (χ0n) is 12.6. The molecule has 0 amide bonds. The maximum atomic E-state index is 12.7. The van der Waals surface area contributed by atoms with Crippen molar-refractivity contribution in [3.05, 3.63) is 57.1 Å². The predicted octanol–water partition coefficient (Wildman–Crippen LogP) is 4.93. The van der Waals surface area contributed by atoms with Crippen molar-refractivity contribution in [3.8, 4) is 11.1 Å². The first-order valence-electron chi connectivity index (χ1n) is 6.58. The number of hydrogen-bond acceptors (Lipinski definition) is 4. The number of benzene rings is 2.